The van der Waals surface area contributed by atoms with Crippen LogP contribution in [0.1, 0.15) is 30.4 Å². The summed E-state index contributed by atoms with van der Waals surface area (Å²) in [5, 5.41) is 23.1. The summed E-state index contributed by atoms with van der Waals surface area (Å²) in [5.41, 5.74) is 0.163. The van der Waals surface area contributed by atoms with Gasteiger partial charge in [-0.25, -0.2) is 0 Å². The average Bonchev–Trinajstić information content (AvgIpc) is 3.24. The standard InChI is InChI=1S/C18H22N6O2/c1-14-20-17(26-22-14)10-18(25)8-5-9-23(12-18)11-16-21-19-13-24(16)15-6-3-2-4-7-15/h2-4,6-7,13,25H,5,8-12H2,1H3. The molecule has 1 aliphatic rings. The Morgan fingerprint density at radius 1 is 1.27 bits per heavy atom. The lowest BCUT2D eigenvalue weighted by Crippen LogP contribution is -2.49. The van der Waals surface area contributed by atoms with Gasteiger partial charge in [-0.15, -0.1) is 10.2 Å². The Morgan fingerprint density at radius 3 is 2.88 bits per heavy atom. The van der Waals surface area contributed by atoms with Crippen molar-refractivity contribution in [2.45, 2.75) is 38.3 Å². The number of hydrogen-bond acceptors (Lipinski definition) is 7. The van der Waals surface area contributed by atoms with Gasteiger partial charge < -0.3 is 9.63 Å². The number of aromatic nitrogens is 5. The largest absolute Gasteiger partial charge is 0.388 e. The quantitative estimate of drug-likeness (QED) is 0.742. The Morgan fingerprint density at radius 2 is 2.12 bits per heavy atom. The topological polar surface area (TPSA) is 93.1 Å². The molecule has 1 unspecified atom stereocenters. The van der Waals surface area contributed by atoms with E-state index in [0.29, 0.717) is 31.2 Å². The molecule has 26 heavy (non-hydrogen) atoms. The molecule has 136 valence electrons. The second kappa shape index (κ2) is 6.97. The molecular formula is C18H22N6O2. The molecule has 8 nitrogen and oxygen atoms in total. The van der Waals surface area contributed by atoms with Crippen LogP contribution in [0.5, 0.6) is 0 Å². The predicted molar refractivity (Wildman–Crippen MR) is 93.6 cm³/mol. The summed E-state index contributed by atoms with van der Waals surface area (Å²) in [4.78, 5) is 6.43. The normalized spacial score (nSPS) is 21.2. The number of β-amino-alcohol motifs (C(OH)–C–C–N with tert-alkyl or cyclic N) is 1. The van der Waals surface area contributed by atoms with Crippen molar-refractivity contribution in [3.63, 3.8) is 0 Å². The van der Waals surface area contributed by atoms with E-state index in [0.717, 1.165) is 30.9 Å². The van der Waals surface area contributed by atoms with Crippen LogP contribution in [-0.2, 0) is 13.0 Å². The highest BCUT2D eigenvalue weighted by molar-refractivity contribution is 5.31. The Bertz CT molecular complexity index is 861. The molecule has 1 aromatic carbocycles. The fraction of sp³-hybridized carbons (Fsp3) is 0.444. The van der Waals surface area contributed by atoms with Crippen LogP contribution in [0, 0.1) is 6.92 Å². The number of piperidine rings is 1. The smallest absolute Gasteiger partial charge is 0.229 e. The van der Waals surface area contributed by atoms with E-state index in [-0.39, 0.29) is 0 Å². The van der Waals surface area contributed by atoms with E-state index in [2.05, 4.69) is 25.2 Å². The number of rotatable bonds is 5. The van der Waals surface area contributed by atoms with Crippen molar-refractivity contribution in [2.24, 2.45) is 0 Å². The van der Waals surface area contributed by atoms with Gasteiger partial charge in [0.25, 0.3) is 0 Å². The zero-order chi connectivity index (χ0) is 18.0. The lowest BCUT2D eigenvalue weighted by molar-refractivity contribution is -0.0380. The Hall–Kier alpha value is -2.58. The van der Waals surface area contributed by atoms with E-state index < -0.39 is 5.60 Å². The molecule has 3 aromatic rings. The number of aryl methyl sites for hydroxylation is 1. The molecule has 0 aliphatic carbocycles. The van der Waals surface area contributed by atoms with E-state index in [1.807, 2.05) is 34.9 Å². The molecule has 3 heterocycles. The highest BCUT2D eigenvalue weighted by atomic mass is 16.5. The SMILES string of the molecule is Cc1noc(CC2(O)CCCN(Cc3nncn3-c3ccccc3)C2)n1. The third-order valence-corrected chi connectivity index (χ3v) is 4.70. The third-order valence-electron chi connectivity index (χ3n) is 4.70. The van der Waals surface area contributed by atoms with Crippen molar-refractivity contribution in [2.75, 3.05) is 13.1 Å². The molecular weight excluding hydrogens is 332 g/mol. The molecule has 0 spiro atoms. The maximum absolute atomic E-state index is 11.0. The van der Waals surface area contributed by atoms with Gasteiger partial charge in [0, 0.05) is 12.2 Å². The maximum atomic E-state index is 11.0. The van der Waals surface area contributed by atoms with Gasteiger partial charge in [-0.05, 0) is 38.4 Å². The van der Waals surface area contributed by atoms with Crippen molar-refractivity contribution in [3.8, 4) is 5.69 Å². The van der Waals surface area contributed by atoms with Crippen LogP contribution in [0.4, 0.5) is 0 Å². The number of para-hydroxylation sites is 1. The van der Waals surface area contributed by atoms with E-state index in [9.17, 15) is 5.11 Å². The van der Waals surface area contributed by atoms with E-state index >= 15 is 0 Å². The molecule has 0 radical (unpaired) electrons. The summed E-state index contributed by atoms with van der Waals surface area (Å²) in [7, 11) is 0. The minimum Gasteiger partial charge on any atom is -0.388 e. The molecule has 1 N–H and O–H groups in total. The molecule has 1 aliphatic heterocycles. The summed E-state index contributed by atoms with van der Waals surface area (Å²) in [6.45, 7) is 3.85. The Kier molecular flexibility index (Phi) is 4.52. The fourth-order valence-electron chi connectivity index (χ4n) is 3.55. The minimum atomic E-state index is -0.866. The summed E-state index contributed by atoms with van der Waals surface area (Å²) < 4.78 is 7.17. The van der Waals surface area contributed by atoms with E-state index in [1.165, 1.54) is 0 Å². The second-order valence-electron chi connectivity index (χ2n) is 6.90. The van der Waals surface area contributed by atoms with Crippen LogP contribution < -0.4 is 0 Å². The van der Waals surface area contributed by atoms with E-state index in [1.54, 1.807) is 13.3 Å². The molecule has 4 rings (SSSR count). The number of nitrogens with zero attached hydrogens (tertiary/aromatic N) is 6. The van der Waals surface area contributed by atoms with E-state index in [4.69, 9.17) is 4.52 Å². The molecule has 1 fully saturated rings. The molecule has 1 saturated heterocycles. The van der Waals surface area contributed by atoms with Crippen LogP contribution in [0.2, 0.25) is 0 Å². The summed E-state index contributed by atoms with van der Waals surface area (Å²) in [5.74, 6) is 1.93. The van der Waals surface area contributed by atoms with Gasteiger partial charge in [0.1, 0.15) is 6.33 Å². The number of likely N-dealkylation sites (tertiary alicyclic amines) is 1. The van der Waals surface area contributed by atoms with Gasteiger partial charge in [-0.3, -0.25) is 9.47 Å². The van der Waals surface area contributed by atoms with Crippen LogP contribution in [-0.4, -0.2) is 53.6 Å². The van der Waals surface area contributed by atoms with Crippen LogP contribution >= 0.6 is 0 Å². The van der Waals surface area contributed by atoms with Crippen molar-refractivity contribution in [1.82, 2.24) is 29.8 Å². The highest BCUT2D eigenvalue weighted by Gasteiger charge is 2.35. The van der Waals surface area contributed by atoms with Crippen molar-refractivity contribution >= 4 is 0 Å². The molecule has 0 saturated carbocycles. The summed E-state index contributed by atoms with van der Waals surface area (Å²) >= 11 is 0. The Labute approximate surface area is 151 Å². The van der Waals surface area contributed by atoms with Crippen molar-refractivity contribution in [1.29, 1.82) is 0 Å². The first kappa shape index (κ1) is 16.9. The lowest BCUT2D eigenvalue weighted by Gasteiger charge is -2.38. The zero-order valence-electron chi connectivity index (χ0n) is 14.7. The van der Waals surface area contributed by atoms with Gasteiger partial charge in [-0.2, -0.15) is 4.98 Å². The van der Waals surface area contributed by atoms with Gasteiger partial charge >= 0.3 is 0 Å². The van der Waals surface area contributed by atoms with Crippen LogP contribution in [0.15, 0.2) is 41.2 Å². The van der Waals surface area contributed by atoms with Crippen LogP contribution in [0.25, 0.3) is 5.69 Å². The minimum absolute atomic E-state index is 0.371. The number of benzene rings is 1. The summed E-state index contributed by atoms with van der Waals surface area (Å²) in [6.07, 6.45) is 3.72. The highest BCUT2D eigenvalue weighted by Crippen LogP contribution is 2.26. The first-order valence-corrected chi connectivity index (χ1v) is 8.80. The van der Waals surface area contributed by atoms with Crippen molar-refractivity contribution < 1.29 is 9.63 Å². The Balaban J connectivity index is 1.47. The monoisotopic (exact) mass is 354 g/mol. The van der Waals surface area contributed by atoms with Gasteiger partial charge in [0.05, 0.1) is 18.6 Å². The maximum Gasteiger partial charge on any atom is 0.229 e. The molecule has 0 amide bonds. The molecule has 2 aromatic heterocycles. The lowest BCUT2D eigenvalue weighted by atomic mass is 9.89. The predicted octanol–water partition coefficient (Wildman–Crippen LogP) is 1.53. The number of hydrogen-bond donors (Lipinski definition) is 1. The third kappa shape index (κ3) is 3.66. The van der Waals surface area contributed by atoms with Crippen LogP contribution in [0.3, 0.4) is 0 Å². The first-order valence-electron chi connectivity index (χ1n) is 8.80. The van der Waals surface area contributed by atoms with Gasteiger partial charge in [0.2, 0.25) is 5.89 Å². The zero-order valence-corrected chi connectivity index (χ0v) is 14.7. The fourth-order valence-corrected chi connectivity index (χ4v) is 3.55. The molecule has 8 heteroatoms. The number of aliphatic hydroxyl groups is 1. The summed E-state index contributed by atoms with van der Waals surface area (Å²) in [6, 6.07) is 10.0. The van der Waals surface area contributed by atoms with Crippen molar-refractivity contribution in [3.05, 3.63) is 54.2 Å². The first-order chi connectivity index (χ1) is 12.6. The van der Waals surface area contributed by atoms with Gasteiger partial charge in [0.15, 0.2) is 11.6 Å². The second-order valence-corrected chi connectivity index (χ2v) is 6.90. The average molecular weight is 354 g/mol. The molecule has 0 bridgehead atoms. The molecule has 1 atom stereocenters. The van der Waals surface area contributed by atoms with Gasteiger partial charge in [-0.1, -0.05) is 23.4 Å².